The highest BCUT2D eigenvalue weighted by atomic mass is 31.2. The number of aromatic amines is 1. The van der Waals surface area contributed by atoms with E-state index in [0.717, 1.165) is 100 Å². The number of fused-ring (bicyclic) bond motifs is 5. The fourth-order valence-electron chi connectivity index (χ4n) is 16.0. The number of H-pyrrole nitrogens is 1. The molecule has 3 amide bonds. The van der Waals surface area contributed by atoms with E-state index in [4.69, 9.17) is 47.7 Å². The predicted molar refractivity (Wildman–Crippen MR) is 474 cm³/mol. The number of nitrogen functional groups attached to an aromatic ring is 1. The van der Waals surface area contributed by atoms with Crippen molar-refractivity contribution in [1.29, 1.82) is 16.2 Å². The molecule has 0 radical (unpaired) electrons. The lowest BCUT2D eigenvalue weighted by atomic mass is 9.98. The Morgan fingerprint density at radius 1 is 0.656 bits per heavy atom. The van der Waals surface area contributed by atoms with Crippen LogP contribution in [0, 0.1) is 22.1 Å². The van der Waals surface area contributed by atoms with E-state index < -0.39 is 148 Å². The molecule has 4 fully saturated rings. The third kappa shape index (κ3) is 24.5. The maximum atomic E-state index is 15.0. The second-order valence-corrected chi connectivity index (χ2v) is 34.6. The molecule has 2 aromatic carbocycles. The van der Waals surface area contributed by atoms with Crippen LogP contribution in [0.2, 0.25) is 0 Å². The van der Waals surface area contributed by atoms with E-state index in [1.165, 1.54) is 49.7 Å². The van der Waals surface area contributed by atoms with Gasteiger partial charge < -0.3 is 107 Å². The van der Waals surface area contributed by atoms with E-state index >= 15 is 9.59 Å². The van der Waals surface area contributed by atoms with E-state index in [-0.39, 0.29) is 137 Å². The smallest absolute Gasteiger partial charge is 0.420 e. The fourth-order valence-corrected chi connectivity index (χ4v) is 20.2. The zero-order valence-electron chi connectivity index (χ0n) is 70.6. The Hall–Kier alpha value is -12.1. The van der Waals surface area contributed by atoms with Gasteiger partial charge in [0.25, 0.3) is 0 Å². The Bertz CT molecular complexity index is 4960. The van der Waals surface area contributed by atoms with Crippen molar-refractivity contribution >= 4 is 113 Å². The summed E-state index contributed by atoms with van der Waals surface area (Å²) in [6, 6.07) is 9.33. The standard InChI is InChI=1S/C80H116N29O15P/c1-49(2)38-58(77(121)109-35-17-24-59(109)74(119)98-57(22-8-9-25-81)73(118)99-66(50(3)110)75(120)91-39-60(111)90-40-61(112)96-56(70(83)117)23-16-26-88-78(84)85)97-63(114)42-103(64(115)43-104-47-94-67-69(82)92-46-93-71(67)104)36-27-87-62(113)41-102(37-28-89-80(122)123-45-55-53-20-6-4-18-51(53)52-19-5-7-21-54(52)55)65(116)44-105-48-95-68-72(105)100-79(86)101-76(68)124-125(106-29-10-11-30-106,107-31-12-13-32-107)108-33-14-15-34-108/h4-7,18-21,46-50,55-59,66,110H,8-17,22-45,81H2,1-3H3,(H17-,82,83,84,85,86,87,88,89,90,91,92,93,96,97,98,99,100,101,111,112,113,114,117,118,119,120,122)/p+1/t50-,56+,57+,58+,59+,66+/m1/s1. The number of nitrogens with two attached hydrogens (primary N) is 3. The molecule has 4 aliphatic heterocycles. The van der Waals surface area contributed by atoms with Gasteiger partial charge in [0.05, 0.1) is 44.9 Å². The maximum absolute atomic E-state index is 15.0. The molecule has 125 heavy (non-hydrogen) atoms. The summed E-state index contributed by atoms with van der Waals surface area (Å²) in [4.78, 5) is 107. The van der Waals surface area contributed by atoms with Crippen LogP contribution in [0.25, 0.3) is 33.5 Å². The molecule has 5 aliphatic rings. The molecular formula is C80H117N29O15P+. The van der Waals surface area contributed by atoms with E-state index in [0.29, 0.717) is 31.2 Å². The van der Waals surface area contributed by atoms with Crippen LogP contribution in [-0.2, 0) is 32.2 Å². The summed E-state index contributed by atoms with van der Waals surface area (Å²) in [6.45, 7) is 6.27. The molecule has 0 spiro atoms. The van der Waals surface area contributed by atoms with Gasteiger partial charge in [0.1, 0.15) is 74.4 Å². The van der Waals surface area contributed by atoms with Crippen LogP contribution < -0.4 is 32.7 Å². The van der Waals surface area contributed by atoms with Gasteiger partial charge in [0, 0.05) is 71.4 Å². The number of nitrogens with zero attached hydrogens (tertiary/aromatic N) is 21. The van der Waals surface area contributed by atoms with Crippen LogP contribution in [0.4, 0.5) is 5.82 Å². The Morgan fingerprint density at radius 2 is 1.24 bits per heavy atom. The summed E-state index contributed by atoms with van der Waals surface area (Å²) >= 11 is 0. The van der Waals surface area contributed by atoms with E-state index in [1.54, 1.807) is 0 Å². The summed E-state index contributed by atoms with van der Waals surface area (Å²) < 4.78 is 23.6. The quantitative estimate of drug-likeness (QED) is 0.0104. The molecule has 4 aromatic heterocycles. The monoisotopic (exact) mass is 1750 g/mol. The van der Waals surface area contributed by atoms with Crippen LogP contribution in [0.15, 0.2) is 107 Å². The molecule has 0 unspecified atom stereocenters. The molecule has 1 aliphatic carbocycles. The second-order valence-electron chi connectivity index (χ2n) is 31.7. The van der Waals surface area contributed by atoms with Crippen LogP contribution in [0.3, 0.4) is 0 Å². The predicted octanol–water partition coefficient (Wildman–Crippen LogP) is 4.92. The van der Waals surface area contributed by atoms with Crippen molar-refractivity contribution in [3.63, 3.8) is 0 Å². The molecule has 45 heteroatoms. The summed E-state index contributed by atoms with van der Waals surface area (Å²) in [5.74, 6) is -8.04. The number of aliphatic imine (C=N–C) groups is 8. The molecule has 6 aromatic rings. The first-order valence-electron chi connectivity index (χ1n) is 42.2. The molecule has 676 valence electrons. The maximum Gasteiger partial charge on any atom is 0.420 e. The Balaban J connectivity index is 0.815. The first kappa shape index (κ1) is 93.6. The summed E-state index contributed by atoms with van der Waals surface area (Å²) in [6.07, 6.45) is 9.79. The van der Waals surface area contributed by atoms with Crippen molar-refractivity contribution < 1.29 is 74.7 Å². The number of guanidine groups is 1. The number of ether oxygens (including phenoxy) is 1. The SMILES string of the molecule is CC(C)C[C@H](N=C(O)CN(CCN=C(O)CN(CCN=C(O)OCC1c2ccccc2-c2ccccc21)C(=O)Cn1cnc2c(O[P+](N3CCCC3)(N3CCCC3)N3CCCC3)nc(=N)[nH]c21)C(=O)Cn1cnc2c(N)ncnc21)C(=O)N1CCC[C@H]1C(O)=N[C@@H](CCCCN)C(O)=N[C@H](C(O)=NCC(O)=NCC(O)=N[C@@H](CCCNC(=N)N)C(=N)O)[C@@H](C)O. The highest BCUT2D eigenvalue weighted by Gasteiger charge is 2.63. The van der Waals surface area contributed by atoms with Crippen molar-refractivity contribution in [3.05, 3.63) is 84.3 Å². The number of carbonyl (C=O) groups excluding carboxylic acids is 3. The zero-order chi connectivity index (χ0) is 89.4. The van der Waals surface area contributed by atoms with Crippen molar-refractivity contribution in [2.45, 2.75) is 166 Å². The summed E-state index contributed by atoms with van der Waals surface area (Å²) in [7, 11) is -2.68. The van der Waals surface area contributed by atoms with Crippen molar-refractivity contribution in [1.82, 2.24) is 73.1 Å². The van der Waals surface area contributed by atoms with Gasteiger partial charge in [-0.25, -0.2) is 54.9 Å². The van der Waals surface area contributed by atoms with Crippen LogP contribution in [0.1, 0.15) is 128 Å². The largest absolute Gasteiger partial charge is 0.495 e. The number of aromatic nitrogens is 8. The minimum absolute atomic E-state index is 0.0246. The number of hydrogen-bond donors (Lipinski definition) is 18. The summed E-state index contributed by atoms with van der Waals surface area (Å²) in [5.41, 5.74) is 22.2. The first-order valence-corrected chi connectivity index (χ1v) is 43.8. The minimum Gasteiger partial charge on any atom is -0.495 e. The molecule has 21 N–H and O–H groups in total. The molecule has 44 nitrogen and oxygen atoms in total. The number of anilines is 1. The Kier molecular flexibility index (Phi) is 33.3. The number of unbranched alkanes of at least 4 members (excludes halogenated alkanes) is 1. The molecule has 8 heterocycles. The van der Waals surface area contributed by atoms with Crippen molar-refractivity contribution in [2.75, 3.05) is 124 Å². The highest BCUT2D eigenvalue weighted by Crippen LogP contribution is 2.70. The van der Waals surface area contributed by atoms with Crippen molar-refractivity contribution in [3.8, 4) is 17.0 Å². The Labute approximate surface area is 722 Å². The molecule has 4 saturated heterocycles. The molecule has 6 atom stereocenters. The number of hydrogen-bond acceptors (Lipinski definition) is 27. The van der Waals surface area contributed by atoms with Gasteiger partial charge in [-0.1, -0.05) is 62.4 Å². The van der Waals surface area contributed by atoms with E-state index in [1.807, 2.05) is 62.4 Å². The number of amides is 3. The molecular weight excluding hydrogens is 1640 g/mol. The highest BCUT2D eigenvalue weighted by molar-refractivity contribution is 7.64. The number of likely N-dealkylation sites (tertiary alicyclic amines) is 1. The molecule has 11 rings (SSSR count). The number of imidazole rings is 2. The van der Waals surface area contributed by atoms with Crippen LogP contribution in [0.5, 0.6) is 5.88 Å². The van der Waals surface area contributed by atoms with Gasteiger partial charge >= 0.3 is 19.9 Å². The lowest BCUT2D eigenvalue weighted by Crippen LogP contribution is -2.46. The molecule has 0 saturated carbocycles. The van der Waals surface area contributed by atoms with Gasteiger partial charge in [0.2, 0.25) is 70.5 Å². The van der Waals surface area contributed by atoms with Crippen LogP contribution >= 0.6 is 7.94 Å². The average molecular weight is 1760 g/mol. The molecule has 0 bridgehead atoms. The first-order chi connectivity index (χ1) is 60.1. The third-order valence-electron chi connectivity index (χ3n) is 22.1. The lowest BCUT2D eigenvalue weighted by molar-refractivity contribution is -0.133. The number of benzene rings is 2. The number of rotatable bonds is 45. The Morgan fingerprint density at radius 3 is 1.86 bits per heavy atom. The summed E-state index contributed by atoms with van der Waals surface area (Å²) in [5, 5.41) is 138. The number of carbonyl (C=O) groups is 3. The van der Waals surface area contributed by atoms with E-state index in [9.17, 15) is 55.9 Å². The number of aliphatic hydroxyl groups is 10. The topological polar surface area (TPSA) is 642 Å². The van der Waals surface area contributed by atoms with Gasteiger partial charge in [-0.15, -0.1) is 14.0 Å². The van der Waals surface area contributed by atoms with Gasteiger partial charge in [-0.3, -0.25) is 40.1 Å². The lowest BCUT2D eigenvalue weighted by Gasteiger charge is -2.40. The second kappa shape index (κ2) is 44.5. The average Bonchev–Trinajstić information content (AvgIpc) is 1.64. The normalized spacial score (nSPS) is 18.2. The van der Waals surface area contributed by atoms with Gasteiger partial charge in [-0.2, -0.15) is 4.98 Å². The zero-order valence-corrected chi connectivity index (χ0v) is 71.5. The van der Waals surface area contributed by atoms with E-state index in [2.05, 4.69) is 84.2 Å². The number of aliphatic hydroxyl groups excluding tert-OH is 10. The van der Waals surface area contributed by atoms with Crippen LogP contribution in [-0.4, -0.2) is 350 Å². The van der Waals surface area contributed by atoms with Gasteiger partial charge in [-0.05, 0) is 132 Å². The third-order valence-corrected chi connectivity index (χ3v) is 25.9. The van der Waals surface area contributed by atoms with Crippen molar-refractivity contribution in [2.24, 2.45) is 57.3 Å². The number of nitrogens with one attached hydrogen (secondary N) is 5. The fraction of sp³-hybridized carbons (Fsp3) is 0.562. The van der Waals surface area contributed by atoms with Gasteiger partial charge in [0.15, 0.2) is 29.0 Å². The minimum atomic E-state index is -2.68.